The third-order valence-electron chi connectivity index (χ3n) is 2.51. The Kier molecular flexibility index (Phi) is 3.16. The predicted molar refractivity (Wildman–Crippen MR) is 65.8 cm³/mol. The Morgan fingerprint density at radius 3 is 2.79 bits per heavy atom. The first-order valence-electron chi connectivity index (χ1n) is 5.19. The second-order valence-corrected chi connectivity index (χ2v) is 5.61. The molecule has 0 aliphatic heterocycles. The Bertz CT molecular complexity index is 802. The predicted octanol–water partition coefficient (Wildman–Crippen LogP) is -1.10. The molecule has 0 unspecified atom stereocenters. The van der Waals surface area contributed by atoms with Crippen LogP contribution in [0.5, 0.6) is 0 Å². The summed E-state index contributed by atoms with van der Waals surface area (Å²) in [6, 6.07) is 3.96. The van der Waals surface area contributed by atoms with Crippen LogP contribution in [0.4, 0.5) is 0 Å². The number of hydrogen-bond acceptors (Lipinski definition) is 5. The Hall–Kier alpha value is -2.13. The molecule has 0 spiro atoms. The van der Waals surface area contributed by atoms with Crippen molar-refractivity contribution in [1.82, 2.24) is 9.29 Å². The minimum absolute atomic E-state index is 0.115. The summed E-state index contributed by atoms with van der Waals surface area (Å²) in [6.45, 7) is -0.501. The second kappa shape index (κ2) is 4.52. The van der Waals surface area contributed by atoms with Crippen LogP contribution in [0.15, 0.2) is 32.3 Å². The molecule has 2 aromatic rings. The summed E-state index contributed by atoms with van der Waals surface area (Å²) in [5.41, 5.74) is 5.48. The van der Waals surface area contributed by atoms with Crippen molar-refractivity contribution in [2.45, 2.75) is 4.90 Å². The highest BCUT2D eigenvalue weighted by molar-refractivity contribution is 7.89. The van der Waals surface area contributed by atoms with Gasteiger partial charge in [-0.05, 0) is 12.1 Å². The van der Waals surface area contributed by atoms with Crippen LogP contribution in [0.1, 0.15) is 0 Å². The molecule has 0 fully saturated rings. The molecule has 1 heterocycles. The zero-order valence-corrected chi connectivity index (χ0v) is 10.7. The van der Waals surface area contributed by atoms with Gasteiger partial charge in [-0.25, -0.2) is 17.9 Å². The summed E-state index contributed by atoms with van der Waals surface area (Å²) in [5, 5.41) is 0. The van der Waals surface area contributed by atoms with E-state index in [0.717, 1.165) is 0 Å². The maximum atomic E-state index is 11.8. The van der Waals surface area contributed by atoms with Crippen LogP contribution in [0.3, 0.4) is 0 Å². The monoisotopic (exact) mass is 285 g/mol. The molecule has 1 aromatic carbocycles. The number of primary amides is 1. The van der Waals surface area contributed by atoms with Crippen molar-refractivity contribution in [1.29, 1.82) is 0 Å². The SMILES string of the molecule is Cn1c(=O)oc2cc(S(=O)(=O)NCC(N)=O)ccc21. The summed E-state index contributed by atoms with van der Waals surface area (Å²) < 4.78 is 31.8. The van der Waals surface area contributed by atoms with E-state index in [9.17, 15) is 18.0 Å². The molecular formula is C10H11N3O5S. The molecule has 1 amide bonds. The zero-order chi connectivity index (χ0) is 14.2. The van der Waals surface area contributed by atoms with Crippen LogP contribution in [0, 0.1) is 0 Å². The van der Waals surface area contributed by atoms with Gasteiger partial charge >= 0.3 is 5.76 Å². The molecule has 3 N–H and O–H groups in total. The summed E-state index contributed by atoms with van der Waals surface area (Å²) in [5.74, 6) is -1.38. The van der Waals surface area contributed by atoms with Gasteiger partial charge in [0.05, 0.1) is 17.0 Å². The lowest BCUT2D eigenvalue weighted by Crippen LogP contribution is -2.33. The lowest BCUT2D eigenvalue weighted by Gasteiger charge is -2.04. The highest BCUT2D eigenvalue weighted by Crippen LogP contribution is 2.17. The van der Waals surface area contributed by atoms with Gasteiger partial charge in [-0.2, -0.15) is 0 Å². The third-order valence-corrected chi connectivity index (χ3v) is 3.91. The van der Waals surface area contributed by atoms with Crippen LogP contribution in [-0.2, 0) is 21.9 Å². The quantitative estimate of drug-likeness (QED) is 0.737. The Morgan fingerprint density at radius 2 is 2.16 bits per heavy atom. The summed E-state index contributed by atoms with van der Waals surface area (Å²) in [4.78, 5) is 21.7. The molecule has 0 aliphatic carbocycles. The lowest BCUT2D eigenvalue weighted by molar-refractivity contribution is -0.116. The van der Waals surface area contributed by atoms with E-state index in [2.05, 4.69) is 0 Å². The van der Waals surface area contributed by atoms with E-state index in [1.807, 2.05) is 4.72 Å². The maximum Gasteiger partial charge on any atom is 0.419 e. The number of aromatic nitrogens is 1. The van der Waals surface area contributed by atoms with Gasteiger partial charge in [0.25, 0.3) is 0 Å². The highest BCUT2D eigenvalue weighted by atomic mass is 32.2. The zero-order valence-electron chi connectivity index (χ0n) is 9.91. The molecule has 0 radical (unpaired) electrons. The van der Waals surface area contributed by atoms with Gasteiger partial charge in [0.15, 0.2) is 5.58 Å². The van der Waals surface area contributed by atoms with Crippen molar-refractivity contribution in [3.63, 3.8) is 0 Å². The topological polar surface area (TPSA) is 124 Å². The van der Waals surface area contributed by atoms with Crippen molar-refractivity contribution < 1.29 is 17.6 Å². The smallest absolute Gasteiger partial charge is 0.408 e. The molecule has 19 heavy (non-hydrogen) atoms. The fourth-order valence-electron chi connectivity index (χ4n) is 1.53. The van der Waals surface area contributed by atoms with Crippen molar-refractivity contribution in [2.75, 3.05) is 6.54 Å². The van der Waals surface area contributed by atoms with Gasteiger partial charge in [0.1, 0.15) is 0 Å². The average Bonchev–Trinajstić information content (AvgIpc) is 2.62. The molecule has 0 aliphatic rings. The van der Waals surface area contributed by atoms with Crippen molar-refractivity contribution in [3.8, 4) is 0 Å². The molecule has 0 saturated carbocycles. The minimum Gasteiger partial charge on any atom is -0.408 e. The van der Waals surface area contributed by atoms with E-state index in [0.29, 0.717) is 5.52 Å². The van der Waals surface area contributed by atoms with Gasteiger partial charge in [0.2, 0.25) is 15.9 Å². The standard InChI is InChI=1S/C10H11N3O5S/c1-13-7-3-2-6(4-8(7)18-10(13)15)19(16,17)12-5-9(11)14/h2-4,12H,5H2,1H3,(H2,11,14). The first kappa shape index (κ1) is 13.3. The average molecular weight is 285 g/mol. The van der Waals surface area contributed by atoms with E-state index < -0.39 is 28.2 Å². The fourth-order valence-corrected chi connectivity index (χ4v) is 2.54. The van der Waals surface area contributed by atoms with Gasteiger partial charge in [-0.3, -0.25) is 9.36 Å². The number of carbonyl (C=O) groups is 1. The van der Waals surface area contributed by atoms with Gasteiger partial charge in [0, 0.05) is 13.1 Å². The number of oxazole rings is 1. The number of hydrogen-bond donors (Lipinski definition) is 2. The molecule has 0 bridgehead atoms. The van der Waals surface area contributed by atoms with Crippen molar-refractivity contribution >= 4 is 27.0 Å². The number of nitrogens with zero attached hydrogens (tertiary/aromatic N) is 1. The fraction of sp³-hybridized carbons (Fsp3) is 0.200. The van der Waals surface area contributed by atoms with Crippen LogP contribution in [0.25, 0.3) is 11.1 Å². The number of amides is 1. The van der Waals surface area contributed by atoms with Crippen LogP contribution < -0.4 is 16.2 Å². The second-order valence-electron chi connectivity index (χ2n) is 3.85. The molecule has 102 valence electrons. The number of nitrogens with two attached hydrogens (primary N) is 1. The van der Waals surface area contributed by atoms with Crippen LogP contribution in [0.2, 0.25) is 0 Å². The molecule has 0 saturated heterocycles. The third kappa shape index (κ3) is 2.51. The number of sulfonamides is 1. The van der Waals surface area contributed by atoms with Gasteiger partial charge in [-0.15, -0.1) is 0 Å². The van der Waals surface area contributed by atoms with E-state index in [1.165, 1.54) is 29.8 Å². The largest absolute Gasteiger partial charge is 0.419 e. The normalized spacial score (nSPS) is 11.8. The minimum atomic E-state index is -3.87. The van der Waals surface area contributed by atoms with Gasteiger partial charge in [-0.1, -0.05) is 0 Å². The molecule has 9 heteroatoms. The summed E-state index contributed by atoms with van der Waals surface area (Å²) >= 11 is 0. The molecule has 1 aromatic heterocycles. The molecular weight excluding hydrogens is 274 g/mol. The van der Waals surface area contributed by atoms with E-state index in [-0.39, 0.29) is 10.5 Å². The lowest BCUT2D eigenvalue weighted by atomic mass is 10.3. The molecule has 0 atom stereocenters. The molecule has 8 nitrogen and oxygen atoms in total. The first-order valence-corrected chi connectivity index (χ1v) is 6.67. The number of carbonyl (C=O) groups excluding carboxylic acids is 1. The first-order chi connectivity index (χ1) is 8.81. The van der Waals surface area contributed by atoms with E-state index in [4.69, 9.17) is 10.2 Å². The van der Waals surface area contributed by atoms with E-state index in [1.54, 1.807) is 0 Å². The maximum absolute atomic E-state index is 11.8. The molecule has 2 rings (SSSR count). The Balaban J connectivity index is 2.46. The van der Waals surface area contributed by atoms with Crippen molar-refractivity contribution in [3.05, 3.63) is 28.7 Å². The van der Waals surface area contributed by atoms with Crippen LogP contribution >= 0.6 is 0 Å². The van der Waals surface area contributed by atoms with Crippen LogP contribution in [-0.4, -0.2) is 25.4 Å². The number of nitrogens with one attached hydrogen (secondary N) is 1. The number of fused-ring (bicyclic) bond motifs is 1. The Morgan fingerprint density at radius 1 is 1.47 bits per heavy atom. The highest BCUT2D eigenvalue weighted by Gasteiger charge is 2.17. The number of benzene rings is 1. The summed E-state index contributed by atoms with van der Waals surface area (Å²) in [7, 11) is -2.36. The number of rotatable bonds is 4. The van der Waals surface area contributed by atoms with Crippen molar-refractivity contribution in [2.24, 2.45) is 12.8 Å². The number of aryl methyl sites for hydroxylation is 1. The van der Waals surface area contributed by atoms with E-state index >= 15 is 0 Å². The Labute approximate surface area is 107 Å². The van der Waals surface area contributed by atoms with Gasteiger partial charge < -0.3 is 10.2 Å². The summed E-state index contributed by atoms with van der Waals surface area (Å²) in [6.07, 6.45) is 0.